The lowest BCUT2D eigenvalue weighted by Gasteiger charge is -2.14. The molecule has 0 aliphatic rings. The average molecular weight is 537 g/mol. The number of benzene rings is 2. The summed E-state index contributed by atoms with van der Waals surface area (Å²) < 4.78 is 12.8. The van der Waals surface area contributed by atoms with Gasteiger partial charge in [0.05, 0.1) is 12.9 Å². The number of thiophene rings is 1. The average Bonchev–Trinajstić information content (AvgIpc) is 3.47. The Hall–Kier alpha value is -3.63. The molecule has 2 heterocycles. The van der Waals surface area contributed by atoms with Gasteiger partial charge in [-0.2, -0.15) is 0 Å². The van der Waals surface area contributed by atoms with Crippen molar-refractivity contribution < 1.29 is 19.1 Å². The minimum Gasteiger partial charge on any atom is -0.483 e. The molecule has 0 saturated heterocycles. The third kappa shape index (κ3) is 6.20. The van der Waals surface area contributed by atoms with Crippen LogP contribution >= 0.6 is 23.1 Å². The third-order valence-corrected chi connectivity index (χ3v) is 7.61. The molecule has 1 atom stereocenters. The van der Waals surface area contributed by atoms with E-state index in [0.29, 0.717) is 21.5 Å². The molecule has 37 heavy (non-hydrogen) atoms. The number of rotatable bonds is 9. The summed E-state index contributed by atoms with van der Waals surface area (Å²) in [7, 11) is 3.17. The van der Waals surface area contributed by atoms with Gasteiger partial charge in [-0.15, -0.1) is 21.5 Å². The summed E-state index contributed by atoms with van der Waals surface area (Å²) >= 11 is 2.55. The van der Waals surface area contributed by atoms with Crippen LogP contribution in [0.5, 0.6) is 5.75 Å². The lowest BCUT2D eigenvalue weighted by molar-refractivity contribution is -0.113. The molecule has 192 valence electrons. The zero-order chi connectivity index (χ0) is 26.5. The van der Waals surface area contributed by atoms with Gasteiger partial charge in [0, 0.05) is 18.0 Å². The molecule has 8 nitrogen and oxygen atoms in total. The van der Waals surface area contributed by atoms with Crippen LogP contribution in [-0.4, -0.2) is 39.5 Å². The predicted octanol–water partition coefficient (Wildman–Crippen LogP) is 5.82. The van der Waals surface area contributed by atoms with E-state index < -0.39 is 5.97 Å². The van der Waals surface area contributed by atoms with Gasteiger partial charge in [-0.3, -0.25) is 4.79 Å². The molecular formula is C27H28N4O4S2. The molecule has 0 saturated carbocycles. The molecule has 2 aromatic carbocycles. The van der Waals surface area contributed by atoms with E-state index in [2.05, 4.69) is 15.5 Å². The van der Waals surface area contributed by atoms with E-state index >= 15 is 0 Å². The molecule has 1 unspecified atom stereocenters. The number of thioether (sulfide) groups is 1. The Labute approximate surface area is 224 Å². The van der Waals surface area contributed by atoms with E-state index in [1.165, 1.54) is 30.2 Å². The van der Waals surface area contributed by atoms with Gasteiger partial charge in [-0.1, -0.05) is 59.3 Å². The zero-order valence-electron chi connectivity index (χ0n) is 21.3. The van der Waals surface area contributed by atoms with E-state index in [0.717, 1.165) is 28.0 Å². The standard InChI is InChI=1S/C27H28N4O4S2/c1-16-6-10-19(11-7-16)21-14-36-25(23(21)26(33)34-5)28-22(32)15-37-27-30-29-24(31(27)4)18(3)35-20-12-8-17(2)9-13-20/h6-14,18H,15H2,1-5H3,(H,28,32). The molecule has 4 aromatic rings. The second-order valence-corrected chi connectivity index (χ2v) is 10.3. The Balaban J connectivity index is 1.42. The third-order valence-electron chi connectivity index (χ3n) is 5.69. The minimum atomic E-state index is -0.500. The fraction of sp³-hybridized carbons (Fsp3) is 0.259. The normalized spacial score (nSPS) is 11.7. The number of methoxy groups -OCH3 is 1. The molecular weight excluding hydrogens is 508 g/mol. The number of aryl methyl sites for hydroxylation is 2. The summed E-state index contributed by atoms with van der Waals surface area (Å²) in [4.78, 5) is 25.4. The topological polar surface area (TPSA) is 95.3 Å². The van der Waals surface area contributed by atoms with E-state index in [4.69, 9.17) is 9.47 Å². The number of nitrogens with one attached hydrogen (secondary N) is 1. The van der Waals surface area contributed by atoms with Crippen molar-refractivity contribution in [3.05, 3.63) is 76.4 Å². The van der Waals surface area contributed by atoms with Crippen molar-refractivity contribution in [2.24, 2.45) is 7.05 Å². The molecule has 1 N–H and O–H groups in total. The first kappa shape index (κ1) is 26.4. The van der Waals surface area contributed by atoms with Gasteiger partial charge in [-0.05, 0) is 38.5 Å². The molecule has 0 aliphatic heterocycles. The van der Waals surface area contributed by atoms with Crippen LogP contribution in [0.25, 0.3) is 11.1 Å². The van der Waals surface area contributed by atoms with E-state index in [-0.39, 0.29) is 17.8 Å². The van der Waals surface area contributed by atoms with Gasteiger partial charge in [-0.25, -0.2) is 4.79 Å². The van der Waals surface area contributed by atoms with Gasteiger partial charge in [0.25, 0.3) is 0 Å². The van der Waals surface area contributed by atoms with Crippen LogP contribution in [-0.2, 0) is 16.6 Å². The highest BCUT2D eigenvalue weighted by Gasteiger charge is 2.23. The summed E-state index contributed by atoms with van der Waals surface area (Å²) in [5.41, 5.74) is 4.22. The quantitative estimate of drug-likeness (QED) is 0.213. The fourth-order valence-corrected chi connectivity index (χ4v) is 5.36. The number of carbonyl (C=O) groups is 2. The fourth-order valence-electron chi connectivity index (χ4n) is 3.67. The highest BCUT2D eigenvalue weighted by molar-refractivity contribution is 7.99. The lowest BCUT2D eigenvalue weighted by Crippen LogP contribution is -2.16. The molecule has 0 radical (unpaired) electrons. The molecule has 4 rings (SSSR count). The van der Waals surface area contributed by atoms with Gasteiger partial charge < -0.3 is 19.4 Å². The first-order valence-electron chi connectivity index (χ1n) is 11.6. The Bertz CT molecular complexity index is 1400. The maximum absolute atomic E-state index is 12.8. The number of aromatic nitrogens is 3. The number of amides is 1. The Morgan fingerprint density at radius 1 is 1.05 bits per heavy atom. The van der Waals surface area contributed by atoms with Crippen LogP contribution in [0.3, 0.4) is 0 Å². The largest absolute Gasteiger partial charge is 0.483 e. The highest BCUT2D eigenvalue weighted by Crippen LogP contribution is 2.36. The van der Waals surface area contributed by atoms with Gasteiger partial charge >= 0.3 is 5.97 Å². The van der Waals surface area contributed by atoms with Gasteiger partial charge in [0.15, 0.2) is 17.1 Å². The lowest BCUT2D eigenvalue weighted by atomic mass is 10.0. The van der Waals surface area contributed by atoms with E-state index in [1.807, 2.05) is 86.3 Å². The van der Waals surface area contributed by atoms with Crippen molar-refractivity contribution in [3.8, 4) is 16.9 Å². The SMILES string of the molecule is COC(=O)c1c(-c2ccc(C)cc2)csc1NC(=O)CSc1nnc(C(C)Oc2ccc(C)cc2)n1C. The second-order valence-electron chi connectivity index (χ2n) is 8.52. The monoisotopic (exact) mass is 536 g/mol. The van der Waals surface area contributed by atoms with Crippen LogP contribution in [0, 0.1) is 13.8 Å². The summed E-state index contributed by atoms with van der Waals surface area (Å²) in [5.74, 6) is 0.730. The van der Waals surface area contributed by atoms with Crippen LogP contribution < -0.4 is 10.1 Å². The maximum atomic E-state index is 12.8. The Morgan fingerprint density at radius 2 is 1.70 bits per heavy atom. The Kier molecular flexibility index (Phi) is 8.30. The van der Waals surface area contributed by atoms with Crippen molar-refractivity contribution in [2.45, 2.75) is 32.0 Å². The van der Waals surface area contributed by atoms with Crippen LogP contribution in [0.2, 0.25) is 0 Å². The molecule has 0 bridgehead atoms. The Morgan fingerprint density at radius 3 is 2.35 bits per heavy atom. The van der Waals surface area contributed by atoms with Crippen molar-refractivity contribution >= 4 is 40.0 Å². The molecule has 2 aromatic heterocycles. The number of anilines is 1. The predicted molar refractivity (Wildman–Crippen MR) is 146 cm³/mol. The highest BCUT2D eigenvalue weighted by atomic mass is 32.2. The van der Waals surface area contributed by atoms with Gasteiger partial charge in [0.1, 0.15) is 16.3 Å². The van der Waals surface area contributed by atoms with Gasteiger partial charge in [0.2, 0.25) is 5.91 Å². The van der Waals surface area contributed by atoms with Crippen molar-refractivity contribution in [1.29, 1.82) is 0 Å². The zero-order valence-corrected chi connectivity index (χ0v) is 22.9. The van der Waals surface area contributed by atoms with Crippen LogP contribution in [0.15, 0.2) is 59.1 Å². The first-order chi connectivity index (χ1) is 17.8. The van der Waals surface area contributed by atoms with Crippen LogP contribution in [0.4, 0.5) is 5.00 Å². The molecule has 10 heteroatoms. The van der Waals surface area contributed by atoms with Crippen molar-refractivity contribution in [1.82, 2.24) is 14.8 Å². The smallest absolute Gasteiger partial charge is 0.341 e. The van der Waals surface area contributed by atoms with Crippen LogP contribution in [0.1, 0.15) is 40.3 Å². The van der Waals surface area contributed by atoms with E-state index in [1.54, 1.807) is 0 Å². The molecule has 0 spiro atoms. The summed E-state index contributed by atoms with van der Waals surface area (Å²) in [6, 6.07) is 15.7. The number of esters is 1. The van der Waals surface area contributed by atoms with E-state index in [9.17, 15) is 9.59 Å². The molecule has 1 amide bonds. The molecule has 0 aliphatic carbocycles. The number of nitrogens with zero attached hydrogens (tertiary/aromatic N) is 3. The number of ether oxygens (including phenoxy) is 2. The van der Waals surface area contributed by atoms with Crippen molar-refractivity contribution in [2.75, 3.05) is 18.2 Å². The number of carbonyl (C=O) groups excluding carboxylic acids is 2. The molecule has 0 fully saturated rings. The summed E-state index contributed by atoms with van der Waals surface area (Å²) in [5, 5.41) is 14.2. The second kappa shape index (κ2) is 11.6. The number of hydrogen-bond donors (Lipinski definition) is 1. The van der Waals surface area contributed by atoms with Crippen molar-refractivity contribution in [3.63, 3.8) is 0 Å². The summed E-state index contributed by atoms with van der Waals surface area (Å²) in [6.07, 6.45) is -0.322. The number of hydrogen-bond acceptors (Lipinski definition) is 8. The maximum Gasteiger partial charge on any atom is 0.341 e. The first-order valence-corrected chi connectivity index (χ1v) is 13.5. The minimum absolute atomic E-state index is 0.0948. The summed E-state index contributed by atoms with van der Waals surface area (Å²) in [6.45, 7) is 5.93.